The van der Waals surface area contributed by atoms with Crippen LogP contribution in [0, 0.1) is 0 Å². The number of hydrogen-bond donors (Lipinski definition) is 1. The van der Waals surface area contributed by atoms with Gasteiger partial charge in [0.25, 0.3) is 0 Å². The summed E-state index contributed by atoms with van der Waals surface area (Å²) in [5.74, 6) is 0.731. The Hall–Kier alpha value is -1.19. The molecule has 2 aromatic rings. The molecule has 0 radical (unpaired) electrons. The van der Waals surface area contributed by atoms with E-state index < -0.39 is 0 Å². The highest BCUT2D eigenvalue weighted by molar-refractivity contribution is 9.10. The van der Waals surface area contributed by atoms with E-state index in [-0.39, 0.29) is 6.10 Å². The smallest absolute Gasteiger partial charge is 0.138 e. The lowest BCUT2D eigenvalue weighted by Gasteiger charge is -2.13. The Balaban J connectivity index is 1.99. The monoisotopic (exact) mass is 353 g/mol. The first-order valence-corrected chi connectivity index (χ1v) is 7.66. The number of rotatable bonds is 5. The van der Waals surface area contributed by atoms with Crippen molar-refractivity contribution >= 4 is 33.2 Å². The Labute approximate surface area is 133 Å². The number of halogens is 2. The lowest BCUT2D eigenvalue weighted by Crippen LogP contribution is -2.06. The first kappa shape index (κ1) is 15.2. The normalized spacial score (nSPS) is 10.7. The number of ether oxygens (including phenoxy) is 1. The largest absolute Gasteiger partial charge is 0.489 e. The van der Waals surface area contributed by atoms with Gasteiger partial charge in [-0.3, -0.25) is 0 Å². The predicted molar refractivity (Wildman–Crippen MR) is 88.7 cm³/mol. The fourth-order valence-corrected chi connectivity index (χ4v) is 2.29. The summed E-state index contributed by atoms with van der Waals surface area (Å²) in [5, 5.41) is 4.00. The van der Waals surface area contributed by atoms with Crippen LogP contribution in [-0.4, -0.2) is 6.10 Å². The summed E-state index contributed by atoms with van der Waals surface area (Å²) >= 11 is 9.64. The van der Waals surface area contributed by atoms with Gasteiger partial charge in [-0.15, -0.1) is 0 Å². The van der Waals surface area contributed by atoms with Crippen LogP contribution in [0.25, 0.3) is 0 Å². The molecule has 2 rings (SSSR count). The van der Waals surface area contributed by atoms with Gasteiger partial charge in [0.2, 0.25) is 0 Å². The molecule has 0 aliphatic carbocycles. The molecule has 2 aromatic carbocycles. The molecule has 0 unspecified atom stereocenters. The van der Waals surface area contributed by atoms with Crippen LogP contribution >= 0.6 is 27.5 Å². The van der Waals surface area contributed by atoms with Crippen molar-refractivity contribution in [3.05, 3.63) is 57.5 Å². The maximum atomic E-state index is 6.22. The number of anilines is 1. The first-order chi connectivity index (χ1) is 9.54. The molecule has 0 aromatic heterocycles. The van der Waals surface area contributed by atoms with Crippen molar-refractivity contribution in [1.82, 2.24) is 0 Å². The molecule has 20 heavy (non-hydrogen) atoms. The van der Waals surface area contributed by atoms with Gasteiger partial charge in [0.15, 0.2) is 0 Å². The molecule has 4 heteroatoms. The summed E-state index contributed by atoms with van der Waals surface area (Å²) in [6.45, 7) is 4.70. The minimum Gasteiger partial charge on any atom is -0.489 e. The lowest BCUT2D eigenvalue weighted by molar-refractivity contribution is 0.242. The first-order valence-electron chi connectivity index (χ1n) is 6.49. The van der Waals surface area contributed by atoms with E-state index in [0.717, 1.165) is 28.0 Å². The highest BCUT2D eigenvalue weighted by Crippen LogP contribution is 2.26. The molecule has 0 aliphatic heterocycles. The minimum atomic E-state index is 0.124. The zero-order chi connectivity index (χ0) is 14.5. The molecule has 0 amide bonds. The van der Waals surface area contributed by atoms with Gasteiger partial charge in [-0.25, -0.2) is 0 Å². The molecule has 0 atom stereocenters. The molecule has 0 spiro atoms. The average Bonchev–Trinajstić information content (AvgIpc) is 2.40. The maximum Gasteiger partial charge on any atom is 0.138 e. The van der Waals surface area contributed by atoms with E-state index in [4.69, 9.17) is 16.3 Å². The lowest BCUT2D eigenvalue weighted by atomic mass is 10.2. The topological polar surface area (TPSA) is 21.3 Å². The van der Waals surface area contributed by atoms with Crippen LogP contribution in [0.2, 0.25) is 5.02 Å². The molecule has 0 aliphatic rings. The molecule has 0 heterocycles. The SMILES string of the molecule is CC(C)Oc1ccc(CNc2ccc(Br)cc2)cc1Cl. The highest BCUT2D eigenvalue weighted by Gasteiger charge is 2.05. The van der Waals surface area contributed by atoms with Crippen LogP contribution in [0.3, 0.4) is 0 Å². The van der Waals surface area contributed by atoms with E-state index >= 15 is 0 Å². The summed E-state index contributed by atoms with van der Waals surface area (Å²) < 4.78 is 6.69. The minimum absolute atomic E-state index is 0.124. The Morgan fingerprint density at radius 3 is 2.45 bits per heavy atom. The molecular weight excluding hydrogens is 338 g/mol. The summed E-state index contributed by atoms with van der Waals surface area (Å²) in [7, 11) is 0. The molecular formula is C16H17BrClNO. The summed E-state index contributed by atoms with van der Waals surface area (Å²) in [6.07, 6.45) is 0.124. The van der Waals surface area contributed by atoms with E-state index in [2.05, 4.69) is 21.2 Å². The standard InChI is InChI=1S/C16H17BrClNO/c1-11(2)20-16-8-3-12(9-15(16)18)10-19-14-6-4-13(17)5-7-14/h3-9,11,19H,10H2,1-2H3. The molecule has 0 fully saturated rings. The van der Waals surface area contributed by atoms with Crippen LogP contribution in [-0.2, 0) is 6.54 Å². The van der Waals surface area contributed by atoms with Gasteiger partial charge in [0, 0.05) is 16.7 Å². The maximum absolute atomic E-state index is 6.22. The molecule has 1 N–H and O–H groups in total. The zero-order valence-electron chi connectivity index (χ0n) is 11.5. The Morgan fingerprint density at radius 1 is 1.15 bits per heavy atom. The van der Waals surface area contributed by atoms with Crippen LogP contribution in [0.4, 0.5) is 5.69 Å². The van der Waals surface area contributed by atoms with Crippen molar-refractivity contribution in [2.24, 2.45) is 0 Å². The van der Waals surface area contributed by atoms with E-state index in [9.17, 15) is 0 Å². The van der Waals surface area contributed by atoms with Gasteiger partial charge in [-0.1, -0.05) is 33.6 Å². The van der Waals surface area contributed by atoms with E-state index in [1.54, 1.807) is 0 Å². The quantitative estimate of drug-likeness (QED) is 0.765. The molecule has 2 nitrogen and oxygen atoms in total. The fourth-order valence-electron chi connectivity index (χ4n) is 1.78. The van der Waals surface area contributed by atoms with Crippen molar-refractivity contribution in [1.29, 1.82) is 0 Å². The van der Waals surface area contributed by atoms with Crippen molar-refractivity contribution < 1.29 is 4.74 Å². The van der Waals surface area contributed by atoms with Crippen molar-refractivity contribution in [2.45, 2.75) is 26.5 Å². The Bertz CT molecular complexity index is 569. The Kier molecular flexibility index (Phi) is 5.32. The highest BCUT2D eigenvalue weighted by atomic mass is 79.9. The summed E-state index contributed by atoms with van der Waals surface area (Å²) in [5.41, 5.74) is 2.20. The third kappa shape index (κ3) is 4.43. The number of benzene rings is 2. The predicted octanol–water partition coefficient (Wildman–Crippen LogP) is 5.50. The second-order valence-electron chi connectivity index (χ2n) is 4.79. The molecule has 0 bridgehead atoms. The Morgan fingerprint density at radius 2 is 1.85 bits per heavy atom. The van der Waals surface area contributed by atoms with Crippen LogP contribution < -0.4 is 10.1 Å². The van der Waals surface area contributed by atoms with Crippen LogP contribution in [0.1, 0.15) is 19.4 Å². The van der Waals surface area contributed by atoms with Gasteiger partial charge in [0.05, 0.1) is 11.1 Å². The van der Waals surface area contributed by atoms with E-state index in [1.807, 2.05) is 56.3 Å². The van der Waals surface area contributed by atoms with Crippen molar-refractivity contribution in [3.63, 3.8) is 0 Å². The third-order valence-electron chi connectivity index (χ3n) is 2.70. The van der Waals surface area contributed by atoms with Crippen molar-refractivity contribution in [2.75, 3.05) is 5.32 Å². The second-order valence-corrected chi connectivity index (χ2v) is 6.11. The third-order valence-corrected chi connectivity index (χ3v) is 3.52. The van der Waals surface area contributed by atoms with Gasteiger partial charge >= 0.3 is 0 Å². The van der Waals surface area contributed by atoms with E-state index in [0.29, 0.717) is 5.02 Å². The van der Waals surface area contributed by atoms with E-state index in [1.165, 1.54) is 0 Å². The summed E-state index contributed by atoms with van der Waals surface area (Å²) in [6, 6.07) is 14.0. The second kappa shape index (κ2) is 7.00. The van der Waals surface area contributed by atoms with Gasteiger partial charge in [0.1, 0.15) is 5.75 Å². The van der Waals surface area contributed by atoms with Gasteiger partial charge in [-0.2, -0.15) is 0 Å². The van der Waals surface area contributed by atoms with Gasteiger partial charge in [-0.05, 0) is 55.8 Å². The van der Waals surface area contributed by atoms with Gasteiger partial charge < -0.3 is 10.1 Å². The molecule has 0 saturated heterocycles. The van der Waals surface area contributed by atoms with Crippen LogP contribution in [0.15, 0.2) is 46.9 Å². The average molecular weight is 355 g/mol. The number of nitrogens with one attached hydrogen (secondary N) is 1. The zero-order valence-corrected chi connectivity index (χ0v) is 13.8. The summed E-state index contributed by atoms with van der Waals surface area (Å²) in [4.78, 5) is 0. The molecule has 0 saturated carbocycles. The van der Waals surface area contributed by atoms with Crippen molar-refractivity contribution in [3.8, 4) is 5.75 Å². The number of hydrogen-bond acceptors (Lipinski definition) is 2. The fraction of sp³-hybridized carbons (Fsp3) is 0.250. The molecule has 106 valence electrons. The van der Waals surface area contributed by atoms with Crippen LogP contribution in [0.5, 0.6) is 5.75 Å².